The highest BCUT2D eigenvalue weighted by Gasteiger charge is 2.51. The molecule has 4 heterocycles. The molecular weight excluding hydrogens is 370 g/mol. The average molecular weight is 397 g/mol. The van der Waals surface area contributed by atoms with Crippen LogP contribution in [0.4, 0.5) is 0 Å². The Balaban J connectivity index is 1.22. The minimum atomic E-state index is -0.423. The fraction of sp³-hybridized carbons (Fsp3) is 0.545. The quantitative estimate of drug-likeness (QED) is 0.803. The van der Waals surface area contributed by atoms with Crippen LogP contribution in [0.2, 0.25) is 0 Å². The van der Waals surface area contributed by atoms with Crippen molar-refractivity contribution in [3.63, 3.8) is 0 Å². The maximum atomic E-state index is 13.1. The number of piperidine rings is 1. The molecule has 1 atom stereocenters. The molecule has 3 aliphatic rings. The number of hydrogen-bond donors (Lipinski definition) is 1. The Hall–Kier alpha value is -2.38. The van der Waals surface area contributed by atoms with E-state index in [1.165, 1.54) is 0 Å². The summed E-state index contributed by atoms with van der Waals surface area (Å²) in [6.07, 6.45) is 3.87. The van der Waals surface area contributed by atoms with E-state index in [0.717, 1.165) is 50.2 Å². The standard InChI is InChI=1S/C22H27N3O4/c26-20(18-14-23-19-4-2-1-3-17(18)19)25-7-5-22(6-8-25)13-16(29-21(22)27)15-24-9-11-28-12-10-24/h1-4,14,16,23H,5-13,15H2. The smallest absolute Gasteiger partial charge is 0.312 e. The van der Waals surface area contributed by atoms with Gasteiger partial charge in [-0.3, -0.25) is 14.5 Å². The van der Waals surface area contributed by atoms with Gasteiger partial charge in [-0.15, -0.1) is 0 Å². The lowest BCUT2D eigenvalue weighted by molar-refractivity contribution is -0.151. The highest BCUT2D eigenvalue weighted by molar-refractivity contribution is 6.06. The van der Waals surface area contributed by atoms with Crippen LogP contribution in [0, 0.1) is 5.41 Å². The highest BCUT2D eigenvalue weighted by atomic mass is 16.6. The summed E-state index contributed by atoms with van der Waals surface area (Å²) in [5, 5.41) is 0.948. The first kappa shape index (κ1) is 18.6. The molecule has 0 radical (unpaired) electrons. The predicted octanol–water partition coefficient (Wildman–Crippen LogP) is 2.04. The van der Waals surface area contributed by atoms with Crippen LogP contribution in [0.25, 0.3) is 10.9 Å². The molecular formula is C22H27N3O4. The second kappa shape index (κ2) is 7.46. The van der Waals surface area contributed by atoms with Crippen LogP contribution in [-0.2, 0) is 14.3 Å². The maximum Gasteiger partial charge on any atom is 0.312 e. The fourth-order valence-electron chi connectivity index (χ4n) is 4.98. The van der Waals surface area contributed by atoms with Gasteiger partial charge in [0.2, 0.25) is 0 Å². The number of carbonyl (C=O) groups is 2. The van der Waals surface area contributed by atoms with Crippen molar-refractivity contribution in [2.24, 2.45) is 5.41 Å². The largest absolute Gasteiger partial charge is 0.461 e. The summed E-state index contributed by atoms with van der Waals surface area (Å²) < 4.78 is 11.2. The number of rotatable bonds is 3. The SMILES string of the molecule is O=C(c1c[nH]c2ccccc12)N1CCC2(CC1)CC(CN1CCOCC1)OC2=O. The number of aromatic nitrogens is 1. The van der Waals surface area contributed by atoms with Crippen LogP contribution in [0.15, 0.2) is 30.5 Å². The van der Waals surface area contributed by atoms with E-state index in [2.05, 4.69) is 9.88 Å². The molecule has 0 bridgehead atoms. The van der Waals surface area contributed by atoms with Gasteiger partial charge in [0.1, 0.15) is 6.10 Å². The van der Waals surface area contributed by atoms with Gasteiger partial charge in [0, 0.05) is 56.2 Å². The first-order valence-electron chi connectivity index (χ1n) is 10.5. The van der Waals surface area contributed by atoms with E-state index in [1.54, 1.807) is 6.20 Å². The lowest BCUT2D eigenvalue weighted by Gasteiger charge is -2.36. The van der Waals surface area contributed by atoms with E-state index in [0.29, 0.717) is 31.5 Å². The van der Waals surface area contributed by atoms with Crippen LogP contribution in [-0.4, -0.2) is 78.7 Å². The number of nitrogens with zero attached hydrogens (tertiary/aromatic N) is 2. The number of fused-ring (bicyclic) bond motifs is 1. The Morgan fingerprint density at radius 2 is 1.90 bits per heavy atom. The molecule has 1 unspecified atom stereocenters. The van der Waals surface area contributed by atoms with Gasteiger partial charge < -0.3 is 19.4 Å². The zero-order chi connectivity index (χ0) is 19.8. The summed E-state index contributed by atoms with van der Waals surface area (Å²) in [5.74, 6) is -0.0384. The third kappa shape index (κ3) is 3.42. The molecule has 29 heavy (non-hydrogen) atoms. The number of benzene rings is 1. The van der Waals surface area contributed by atoms with Gasteiger partial charge in [-0.1, -0.05) is 18.2 Å². The zero-order valence-corrected chi connectivity index (χ0v) is 16.6. The first-order chi connectivity index (χ1) is 14.1. The molecule has 7 heteroatoms. The molecule has 0 saturated carbocycles. The number of nitrogens with one attached hydrogen (secondary N) is 1. The number of likely N-dealkylation sites (tertiary alicyclic amines) is 1. The number of H-pyrrole nitrogens is 1. The van der Waals surface area contributed by atoms with Crippen molar-refractivity contribution in [2.45, 2.75) is 25.4 Å². The van der Waals surface area contributed by atoms with Gasteiger partial charge in [0.15, 0.2) is 0 Å². The molecule has 1 amide bonds. The molecule has 1 aromatic carbocycles. The molecule has 5 rings (SSSR count). The summed E-state index contributed by atoms with van der Waals surface area (Å²) in [5.41, 5.74) is 1.25. The number of para-hydroxylation sites is 1. The summed E-state index contributed by atoms with van der Waals surface area (Å²) >= 11 is 0. The van der Waals surface area contributed by atoms with Crippen molar-refractivity contribution in [3.05, 3.63) is 36.0 Å². The predicted molar refractivity (Wildman–Crippen MR) is 108 cm³/mol. The molecule has 3 saturated heterocycles. The number of cyclic esters (lactones) is 1. The van der Waals surface area contributed by atoms with E-state index in [4.69, 9.17) is 9.47 Å². The van der Waals surface area contributed by atoms with Gasteiger partial charge in [-0.2, -0.15) is 0 Å². The fourth-order valence-corrected chi connectivity index (χ4v) is 4.98. The minimum absolute atomic E-state index is 0.0357. The van der Waals surface area contributed by atoms with E-state index in [-0.39, 0.29) is 18.0 Å². The molecule has 3 aliphatic heterocycles. The van der Waals surface area contributed by atoms with Gasteiger partial charge in [0.25, 0.3) is 5.91 Å². The first-order valence-corrected chi connectivity index (χ1v) is 10.5. The summed E-state index contributed by atoms with van der Waals surface area (Å²) in [7, 11) is 0. The number of esters is 1. The minimum Gasteiger partial charge on any atom is -0.461 e. The number of aromatic amines is 1. The second-order valence-electron chi connectivity index (χ2n) is 8.46. The van der Waals surface area contributed by atoms with Crippen LogP contribution < -0.4 is 0 Å². The van der Waals surface area contributed by atoms with Crippen molar-refractivity contribution in [3.8, 4) is 0 Å². The maximum absolute atomic E-state index is 13.1. The molecule has 7 nitrogen and oxygen atoms in total. The van der Waals surface area contributed by atoms with Gasteiger partial charge >= 0.3 is 5.97 Å². The lowest BCUT2D eigenvalue weighted by Crippen LogP contribution is -2.45. The number of morpholine rings is 1. The summed E-state index contributed by atoms with van der Waals surface area (Å²) in [4.78, 5) is 33.1. The zero-order valence-electron chi connectivity index (χ0n) is 16.6. The Labute approximate surface area is 169 Å². The van der Waals surface area contributed by atoms with Crippen LogP contribution in [0.1, 0.15) is 29.6 Å². The van der Waals surface area contributed by atoms with Crippen LogP contribution >= 0.6 is 0 Å². The highest BCUT2D eigenvalue weighted by Crippen LogP contribution is 2.43. The topological polar surface area (TPSA) is 74.9 Å². The van der Waals surface area contributed by atoms with Crippen molar-refractivity contribution >= 4 is 22.8 Å². The number of carbonyl (C=O) groups excluding carboxylic acids is 2. The lowest BCUT2D eigenvalue weighted by atomic mass is 9.76. The van der Waals surface area contributed by atoms with E-state index in [1.807, 2.05) is 29.2 Å². The van der Waals surface area contributed by atoms with E-state index >= 15 is 0 Å². The Kier molecular flexibility index (Phi) is 4.80. The van der Waals surface area contributed by atoms with Crippen molar-refractivity contribution in [1.82, 2.24) is 14.8 Å². The van der Waals surface area contributed by atoms with E-state index < -0.39 is 5.41 Å². The monoisotopic (exact) mass is 397 g/mol. The third-order valence-electron chi connectivity index (χ3n) is 6.72. The molecule has 1 N–H and O–H groups in total. The molecule has 1 aromatic heterocycles. The van der Waals surface area contributed by atoms with Gasteiger partial charge in [0.05, 0.1) is 24.2 Å². The Morgan fingerprint density at radius 3 is 2.69 bits per heavy atom. The Bertz CT molecular complexity index is 910. The van der Waals surface area contributed by atoms with Crippen molar-refractivity contribution in [1.29, 1.82) is 0 Å². The third-order valence-corrected chi connectivity index (χ3v) is 6.72. The summed E-state index contributed by atoms with van der Waals surface area (Å²) in [6.45, 7) is 5.26. The molecule has 1 spiro atoms. The van der Waals surface area contributed by atoms with E-state index in [9.17, 15) is 9.59 Å². The van der Waals surface area contributed by atoms with Crippen LogP contribution in [0.5, 0.6) is 0 Å². The number of ether oxygens (including phenoxy) is 2. The molecule has 2 aromatic rings. The van der Waals surface area contributed by atoms with Crippen LogP contribution in [0.3, 0.4) is 0 Å². The molecule has 3 fully saturated rings. The second-order valence-corrected chi connectivity index (χ2v) is 8.46. The summed E-state index contributed by atoms with van der Waals surface area (Å²) in [6, 6.07) is 7.84. The molecule has 154 valence electrons. The Morgan fingerprint density at radius 1 is 1.14 bits per heavy atom. The van der Waals surface area contributed by atoms with Crippen molar-refractivity contribution in [2.75, 3.05) is 45.9 Å². The van der Waals surface area contributed by atoms with Crippen molar-refractivity contribution < 1.29 is 19.1 Å². The molecule has 0 aliphatic carbocycles. The van der Waals surface area contributed by atoms with Gasteiger partial charge in [-0.05, 0) is 18.9 Å². The average Bonchev–Trinajstić information content (AvgIpc) is 3.30. The normalized spacial score (nSPS) is 24.9. The number of amides is 1. The van der Waals surface area contributed by atoms with Gasteiger partial charge in [-0.25, -0.2) is 0 Å². The number of hydrogen-bond acceptors (Lipinski definition) is 5.